The van der Waals surface area contributed by atoms with Gasteiger partial charge in [0.2, 0.25) is 0 Å². The number of nitrogen functional groups attached to an aromatic ring is 1. The quantitative estimate of drug-likeness (QED) is 0.333. The number of benzene rings is 3. The van der Waals surface area contributed by atoms with Crippen LogP contribution in [-0.4, -0.2) is 71.4 Å². The molecule has 4 aliphatic heterocycles. The van der Waals surface area contributed by atoms with Crippen LogP contribution in [0.5, 0.6) is 6.01 Å². The summed E-state index contributed by atoms with van der Waals surface area (Å²) in [6, 6.07) is 16.1. The minimum absolute atomic E-state index is 0.155. The molecule has 0 unspecified atom stereocenters. The summed E-state index contributed by atoms with van der Waals surface area (Å²) in [6.45, 7) is 3.36. The number of ether oxygens (including phenoxy) is 1. The van der Waals surface area contributed by atoms with Crippen molar-refractivity contribution in [2.45, 2.75) is 55.9 Å². The normalized spacial score (nSPS) is 27.7. The van der Waals surface area contributed by atoms with Gasteiger partial charge >= 0.3 is 6.01 Å². The molecule has 0 saturated carbocycles. The van der Waals surface area contributed by atoms with Crippen molar-refractivity contribution >= 4 is 33.2 Å². The highest BCUT2D eigenvalue weighted by atomic mass is 19.1. The Bertz CT molecular complexity index is 1650. The molecule has 212 valence electrons. The number of hydrogen-bond donors (Lipinski definition) is 2. The Hall–Kier alpha value is -3.56. The first kappa shape index (κ1) is 25.2. The van der Waals surface area contributed by atoms with Crippen LogP contribution < -0.4 is 20.7 Å². The first-order chi connectivity index (χ1) is 20.0. The van der Waals surface area contributed by atoms with Crippen LogP contribution in [-0.2, 0) is 0 Å². The minimum atomic E-state index is -0.850. The zero-order valence-corrected chi connectivity index (χ0v) is 23.0. The molecule has 0 amide bonds. The Kier molecular flexibility index (Phi) is 5.83. The number of halogens is 2. The Balaban J connectivity index is 1.26. The molecular weight excluding hydrogens is 522 g/mol. The van der Waals surface area contributed by atoms with Crippen LogP contribution in [0.15, 0.2) is 48.5 Å². The zero-order chi connectivity index (χ0) is 27.7. The van der Waals surface area contributed by atoms with Gasteiger partial charge in [-0.05, 0) is 66.8 Å². The number of fused-ring (bicyclic) bond motifs is 5. The molecule has 4 atom stereocenters. The van der Waals surface area contributed by atoms with Crippen LogP contribution in [0, 0.1) is 5.82 Å². The van der Waals surface area contributed by atoms with Gasteiger partial charge in [-0.2, -0.15) is 9.97 Å². The largest absolute Gasteiger partial charge is 0.461 e. The van der Waals surface area contributed by atoms with E-state index >= 15 is 4.39 Å². The molecule has 1 aromatic heterocycles. The number of nitrogens with zero attached hydrogens (tertiary/aromatic N) is 4. The highest BCUT2D eigenvalue weighted by molar-refractivity contribution is 6.02. The molecule has 4 aromatic rings. The first-order valence-corrected chi connectivity index (χ1v) is 14.8. The maximum absolute atomic E-state index is 16.7. The molecule has 3 N–H and O–H groups in total. The van der Waals surface area contributed by atoms with E-state index in [-0.39, 0.29) is 29.1 Å². The van der Waals surface area contributed by atoms with Crippen molar-refractivity contribution in [3.63, 3.8) is 0 Å². The number of aromatic nitrogens is 2. The van der Waals surface area contributed by atoms with Crippen LogP contribution in [0.3, 0.4) is 0 Å². The summed E-state index contributed by atoms with van der Waals surface area (Å²) in [5.74, 6) is 0.303. The van der Waals surface area contributed by atoms with E-state index in [9.17, 15) is 4.39 Å². The van der Waals surface area contributed by atoms with Crippen LogP contribution in [0.25, 0.3) is 32.8 Å². The lowest BCUT2D eigenvalue weighted by Gasteiger charge is -2.37. The van der Waals surface area contributed by atoms with E-state index in [0.717, 1.165) is 67.5 Å². The van der Waals surface area contributed by atoms with Gasteiger partial charge in [0.25, 0.3) is 0 Å². The number of rotatable bonds is 5. The van der Waals surface area contributed by atoms with Crippen molar-refractivity contribution in [3.8, 4) is 17.1 Å². The predicted molar refractivity (Wildman–Crippen MR) is 158 cm³/mol. The Morgan fingerprint density at radius 3 is 2.71 bits per heavy atom. The lowest BCUT2D eigenvalue weighted by atomic mass is 9.95. The van der Waals surface area contributed by atoms with Gasteiger partial charge in [0.15, 0.2) is 5.82 Å². The molecule has 0 aliphatic carbocycles. The molecule has 0 radical (unpaired) electrons. The van der Waals surface area contributed by atoms with E-state index in [1.54, 1.807) is 0 Å². The molecule has 41 heavy (non-hydrogen) atoms. The summed E-state index contributed by atoms with van der Waals surface area (Å²) in [6.07, 6.45) is 3.64. The number of nitrogens with one attached hydrogen (secondary N) is 1. The second-order valence-corrected chi connectivity index (χ2v) is 12.3. The van der Waals surface area contributed by atoms with Crippen molar-refractivity contribution in [2.24, 2.45) is 0 Å². The third-order valence-corrected chi connectivity index (χ3v) is 9.80. The average Bonchev–Trinajstić information content (AvgIpc) is 3.58. The standard InChI is InChI=1S/C32H34F2N6O/c33-20-14-32(10-3-11-39(32)17-20)18-41-31-37-29-26(30(38-31)40-22-6-7-23(40)16-36-15-22)9-8-25(28(29)34)27-13-21(35)12-19-4-1-2-5-24(19)27/h1-2,4-5,8-9,12-13,20,22-23,36H,3,6-7,10-11,14-18,35H2/t20-,22-,23+,32+/m1/s1. The zero-order valence-electron chi connectivity index (χ0n) is 23.0. The van der Waals surface area contributed by atoms with Crippen molar-refractivity contribution < 1.29 is 13.5 Å². The van der Waals surface area contributed by atoms with Gasteiger partial charge in [-0.25, -0.2) is 8.78 Å². The van der Waals surface area contributed by atoms with Gasteiger partial charge in [-0.1, -0.05) is 30.3 Å². The highest BCUT2D eigenvalue weighted by Crippen LogP contribution is 2.42. The fraction of sp³-hybridized carbons (Fsp3) is 0.438. The SMILES string of the molecule is Nc1cc(-c2ccc3c(N4[C@@H]5CC[C@H]4CNC5)nc(OC[C@@]45CCCN4C[C@H](F)C5)nc3c2F)c2ccccc2c1. The third-order valence-electron chi connectivity index (χ3n) is 9.80. The van der Waals surface area contributed by atoms with Gasteiger partial charge in [-0.3, -0.25) is 4.90 Å². The third kappa shape index (κ3) is 4.04. The fourth-order valence-electron chi connectivity index (χ4n) is 7.92. The molecule has 2 bridgehead atoms. The van der Waals surface area contributed by atoms with E-state index in [4.69, 9.17) is 15.5 Å². The van der Waals surface area contributed by atoms with Gasteiger partial charge in [0.1, 0.15) is 24.1 Å². The first-order valence-electron chi connectivity index (χ1n) is 14.8. The summed E-state index contributed by atoms with van der Waals surface area (Å²) in [7, 11) is 0. The second kappa shape index (κ2) is 9.49. The molecular formula is C32H34F2N6O. The second-order valence-electron chi connectivity index (χ2n) is 12.3. The summed E-state index contributed by atoms with van der Waals surface area (Å²) in [5.41, 5.74) is 7.89. The van der Waals surface area contributed by atoms with Crippen LogP contribution in [0.4, 0.5) is 20.3 Å². The highest BCUT2D eigenvalue weighted by Gasteiger charge is 2.49. The Morgan fingerprint density at radius 1 is 1.02 bits per heavy atom. The lowest BCUT2D eigenvalue weighted by Crippen LogP contribution is -2.52. The average molecular weight is 557 g/mol. The molecule has 7 nitrogen and oxygen atoms in total. The van der Waals surface area contributed by atoms with Gasteiger partial charge in [-0.15, -0.1) is 0 Å². The maximum Gasteiger partial charge on any atom is 0.319 e. The summed E-state index contributed by atoms with van der Waals surface area (Å²) >= 11 is 0. The molecule has 4 saturated heterocycles. The minimum Gasteiger partial charge on any atom is -0.461 e. The number of hydrogen-bond acceptors (Lipinski definition) is 7. The lowest BCUT2D eigenvalue weighted by molar-refractivity contribution is 0.107. The number of piperazine rings is 1. The summed E-state index contributed by atoms with van der Waals surface area (Å²) < 4.78 is 37.4. The van der Waals surface area contributed by atoms with E-state index < -0.39 is 12.0 Å². The molecule has 4 aliphatic rings. The van der Waals surface area contributed by atoms with Crippen molar-refractivity contribution in [3.05, 3.63) is 54.3 Å². The number of anilines is 2. The summed E-state index contributed by atoms with van der Waals surface area (Å²) in [5, 5.41) is 6.08. The van der Waals surface area contributed by atoms with E-state index in [2.05, 4.69) is 20.1 Å². The van der Waals surface area contributed by atoms with Crippen molar-refractivity contribution in [1.29, 1.82) is 0 Å². The topological polar surface area (TPSA) is 79.5 Å². The van der Waals surface area contributed by atoms with Crippen LogP contribution >= 0.6 is 0 Å². The molecule has 3 aromatic carbocycles. The fourth-order valence-corrected chi connectivity index (χ4v) is 7.92. The number of nitrogens with two attached hydrogens (primary N) is 1. The maximum atomic E-state index is 16.7. The predicted octanol–water partition coefficient (Wildman–Crippen LogP) is 5.07. The molecule has 8 rings (SSSR count). The van der Waals surface area contributed by atoms with E-state index in [1.807, 2.05) is 48.5 Å². The van der Waals surface area contributed by atoms with E-state index in [1.165, 1.54) is 0 Å². The van der Waals surface area contributed by atoms with Gasteiger partial charge in [0.05, 0.1) is 5.54 Å². The monoisotopic (exact) mass is 556 g/mol. The molecule has 0 spiro atoms. The number of alkyl halides is 1. The van der Waals surface area contributed by atoms with Crippen LogP contribution in [0.1, 0.15) is 32.1 Å². The van der Waals surface area contributed by atoms with Crippen molar-refractivity contribution in [1.82, 2.24) is 20.2 Å². The smallest absolute Gasteiger partial charge is 0.319 e. The molecule has 4 fully saturated rings. The van der Waals surface area contributed by atoms with E-state index in [0.29, 0.717) is 36.2 Å². The molecule has 9 heteroatoms. The van der Waals surface area contributed by atoms with Crippen LogP contribution in [0.2, 0.25) is 0 Å². The summed E-state index contributed by atoms with van der Waals surface area (Å²) in [4.78, 5) is 14.2. The molecule has 5 heterocycles. The van der Waals surface area contributed by atoms with Gasteiger partial charge < -0.3 is 20.7 Å². The Morgan fingerprint density at radius 2 is 1.85 bits per heavy atom. The Labute approximate surface area is 237 Å². The van der Waals surface area contributed by atoms with Gasteiger partial charge in [0, 0.05) is 54.8 Å². The van der Waals surface area contributed by atoms with Crippen molar-refractivity contribution in [2.75, 3.05) is 43.4 Å².